The minimum atomic E-state index is -2.39. The normalized spacial score (nSPS) is 17.3. The van der Waals surface area contributed by atoms with Gasteiger partial charge in [-0.3, -0.25) is 4.79 Å². The number of carbonyl (C=O) groups excluding carboxylic acids is 1. The number of halogens is 2. The smallest absolute Gasteiger partial charge is 0.178 e. The number of hydrogen-bond acceptors (Lipinski definition) is 3. The molecule has 4 rings (SSSR count). The molecule has 1 heterocycles. The number of hydrogen-bond donors (Lipinski definition) is 2. The van der Waals surface area contributed by atoms with Crippen LogP contribution in [0.1, 0.15) is 16.7 Å². The largest absolute Gasteiger partial charge is 0.508 e. The maximum Gasteiger partial charge on any atom is 0.178 e. The van der Waals surface area contributed by atoms with Crippen LogP contribution in [0.25, 0.3) is 5.57 Å². The Labute approximate surface area is 162 Å². The Kier molecular flexibility index (Phi) is 4.21. The van der Waals surface area contributed by atoms with Crippen LogP contribution in [0.2, 0.25) is 13.1 Å². The Hall–Kier alpha value is -2.83. The fourth-order valence-electron chi connectivity index (χ4n) is 4.04. The first-order valence-electron chi connectivity index (χ1n) is 8.86. The molecule has 1 aliphatic carbocycles. The zero-order valence-corrected chi connectivity index (χ0v) is 16.4. The van der Waals surface area contributed by atoms with Crippen LogP contribution in [-0.2, 0) is 11.4 Å². The molecular formula is C22H18F2O3Si. The first-order valence-corrected chi connectivity index (χ1v) is 11.9. The summed E-state index contributed by atoms with van der Waals surface area (Å²) in [5.41, 5.74) is 1.58. The van der Waals surface area contributed by atoms with Gasteiger partial charge in [-0.25, -0.2) is 8.78 Å². The van der Waals surface area contributed by atoms with Gasteiger partial charge < -0.3 is 10.2 Å². The van der Waals surface area contributed by atoms with Crippen LogP contribution < -0.4 is 5.19 Å². The molecule has 0 amide bonds. The number of fused-ring (bicyclic) bond motifs is 2. The number of phenolic OH excluding ortho intramolecular Hbond substituents is 1. The van der Waals surface area contributed by atoms with Gasteiger partial charge in [0.1, 0.15) is 25.5 Å². The lowest BCUT2D eigenvalue weighted by Crippen LogP contribution is -2.49. The van der Waals surface area contributed by atoms with E-state index in [4.69, 9.17) is 0 Å². The third kappa shape index (κ3) is 2.68. The first kappa shape index (κ1) is 18.5. The fraction of sp³-hybridized carbons (Fsp3) is 0.136. The van der Waals surface area contributed by atoms with Crippen LogP contribution in [0.3, 0.4) is 0 Å². The lowest BCUT2D eigenvalue weighted by Gasteiger charge is -2.37. The summed E-state index contributed by atoms with van der Waals surface area (Å²) in [4.78, 5) is 12.1. The highest BCUT2D eigenvalue weighted by molar-refractivity contribution is 6.98. The predicted octanol–water partition coefficient (Wildman–Crippen LogP) is 3.50. The van der Waals surface area contributed by atoms with Gasteiger partial charge in [-0.2, -0.15) is 0 Å². The van der Waals surface area contributed by atoms with Crippen LogP contribution in [0.15, 0.2) is 59.3 Å². The van der Waals surface area contributed by atoms with E-state index in [2.05, 4.69) is 0 Å². The Bertz CT molecular complexity index is 1100. The molecule has 6 heteroatoms. The van der Waals surface area contributed by atoms with Crippen LogP contribution in [0.4, 0.5) is 8.78 Å². The van der Waals surface area contributed by atoms with E-state index in [-0.39, 0.29) is 22.7 Å². The Morgan fingerprint density at radius 3 is 2.36 bits per heavy atom. The Morgan fingerprint density at radius 1 is 1.04 bits per heavy atom. The number of aliphatic hydroxyl groups is 1. The maximum atomic E-state index is 14.9. The summed E-state index contributed by atoms with van der Waals surface area (Å²) in [6.07, 6.45) is 4.55. The number of aromatic hydroxyl groups is 1. The number of allylic oxidation sites excluding steroid dienone is 5. The lowest BCUT2D eigenvalue weighted by atomic mass is 9.88. The van der Waals surface area contributed by atoms with Gasteiger partial charge in [0.2, 0.25) is 0 Å². The fourth-order valence-corrected chi connectivity index (χ4v) is 7.11. The summed E-state index contributed by atoms with van der Waals surface area (Å²) in [6.45, 7) is 3.62. The summed E-state index contributed by atoms with van der Waals surface area (Å²) in [5.74, 6) is -1.66. The molecule has 0 bridgehead atoms. The third-order valence-electron chi connectivity index (χ3n) is 5.41. The highest BCUT2D eigenvalue weighted by Crippen LogP contribution is 2.43. The average Bonchev–Trinajstić information content (AvgIpc) is 2.64. The van der Waals surface area contributed by atoms with E-state index in [0.717, 1.165) is 22.5 Å². The molecule has 2 aromatic rings. The quantitative estimate of drug-likeness (QED) is 0.764. The van der Waals surface area contributed by atoms with Crippen molar-refractivity contribution in [2.75, 3.05) is 0 Å². The van der Waals surface area contributed by atoms with Crippen molar-refractivity contribution in [2.45, 2.75) is 19.7 Å². The Balaban J connectivity index is 2.13. The summed E-state index contributed by atoms with van der Waals surface area (Å²) >= 11 is 0. The van der Waals surface area contributed by atoms with E-state index < -0.39 is 26.3 Å². The predicted molar refractivity (Wildman–Crippen MR) is 106 cm³/mol. The number of rotatable bonds is 2. The Morgan fingerprint density at radius 2 is 1.71 bits per heavy atom. The molecule has 28 heavy (non-hydrogen) atoms. The molecule has 0 radical (unpaired) electrons. The molecule has 0 fully saturated rings. The van der Waals surface area contributed by atoms with Gasteiger partial charge in [-0.15, -0.1) is 0 Å². The van der Waals surface area contributed by atoms with Gasteiger partial charge in [0.15, 0.2) is 5.78 Å². The average molecular weight is 396 g/mol. The molecule has 2 aromatic carbocycles. The molecule has 0 unspecified atom stereocenters. The number of ketones is 1. The van der Waals surface area contributed by atoms with Crippen molar-refractivity contribution in [2.24, 2.45) is 0 Å². The van der Waals surface area contributed by atoms with E-state index in [9.17, 15) is 23.8 Å². The van der Waals surface area contributed by atoms with E-state index in [1.807, 2.05) is 13.1 Å². The molecular weight excluding hydrogens is 378 g/mol. The second-order valence-corrected chi connectivity index (χ2v) is 11.9. The molecule has 0 saturated heterocycles. The lowest BCUT2D eigenvalue weighted by molar-refractivity contribution is -0.110. The molecule has 2 aliphatic rings. The van der Waals surface area contributed by atoms with Gasteiger partial charge in [0.25, 0.3) is 0 Å². The van der Waals surface area contributed by atoms with Crippen LogP contribution in [-0.4, -0.2) is 24.1 Å². The number of phenols is 1. The van der Waals surface area contributed by atoms with Crippen molar-refractivity contribution in [3.63, 3.8) is 0 Å². The highest BCUT2D eigenvalue weighted by Gasteiger charge is 2.41. The summed E-state index contributed by atoms with van der Waals surface area (Å²) in [5, 5.41) is 20.9. The molecule has 1 aliphatic heterocycles. The number of carbonyl (C=O) groups is 1. The van der Waals surface area contributed by atoms with E-state index in [0.29, 0.717) is 16.7 Å². The van der Waals surface area contributed by atoms with Gasteiger partial charge >= 0.3 is 0 Å². The van der Waals surface area contributed by atoms with Crippen LogP contribution in [0.5, 0.6) is 5.75 Å². The van der Waals surface area contributed by atoms with Gasteiger partial charge in [0.05, 0.1) is 12.2 Å². The van der Waals surface area contributed by atoms with Gasteiger partial charge in [-0.05, 0) is 63.5 Å². The second kappa shape index (κ2) is 6.36. The summed E-state index contributed by atoms with van der Waals surface area (Å²) in [7, 11) is -2.39. The topological polar surface area (TPSA) is 57.5 Å². The minimum Gasteiger partial charge on any atom is -0.508 e. The zero-order chi connectivity index (χ0) is 20.2. The van der Waals surface area contributed by atoms with Crippen molar-refractivity contribution in [3.05, 3.63) is 87.7 Å². The summed E-state index contributed by atoms with van der Waals surface area (Å²) < 4.78 is 29.9. The van der Waals surface area contributed by atoms with Crippen LogP contribution >= 0.6 is 0 Å². The standard InChI is InChI=1S/C22H18F2O3Si/c1-28(2)19-9-13(26)3-5-15(19)21(16-6-4-14(27)10-20(16)28)22-17(23)7-12(11-25)8-18(22)24/h3-10,25-26H,11H2,1-2H3. The molecule has 0 saturated carbocycles. The van der Waals surface area contributed by atoms with Crippen molar-refractivity contribution in [1.29, 1.82) is 0 Å². The SMILES string of the molecule is C[Si]1(C)C2=CC(=O)C=CC2=C(c2c(F)cc(CO)cc2F)c2ccc(O)cc21. The van der Waals surface area contributed by atoms with Crippen molar-refractivity contribution in [3.8, 4) is 5.75 Å². The van der Waals surface area contributed by atoms with Crippen LogP contribution in [0, 0.1) is 11.6 Å². The molecule has 0 spiro atoms. The molecule has 3 nitrogen and oxygen atoms in total. The molecule has 0 atom stereocenters. The van der Waals surface area contributed by atoms with Crippen molar-refractivity contribution >= 4 is 24.6 Å². The van der Waals surface area contributed by atoms with E-state index >= 15 is 0 Å². The zero-order valence-electron chi connectivity index (χ0n) is 15.4. The van der Waals surface area contributed by atoms with Crippen molar-refractivity contribution < 1.29 is 23.8 Å². The third-order valence-corrected chi connectivity index (χ3v) is 8.93. The van der Waals surface area contributed by atoms with Crippen molar-refractivity contribution in [1.82, 2.24) is 0 Å². The minimum absolute atomic E-state index is 0.0666. The first-order chi connectivity index (χ1) is 13.2. The monoisotopic (exact) mass is 396 g/mol. The van der Waals surface area contributed by atoms with Gasteiger partial charge in [-0.1, -0.05) is 25.2 Å². The molecule has 142 valence electrons. The molecule has 0 aromatic heterocycles. The van der Waals surface area contributed by atoms with Gasteiger partial charge in [0, 0.05) is 5.57 Å². The number of aliphatic hydroxyl groups excluding tert-OH is 1. The maximum absolute atomic E-state index is 14.9. The second-order valence-electron chi connectivity index (χ2n) is 7.53. The summed E-state index contributed by atoms with van der Waals surface area (Å²) in [6, 6.07) is 7.02. The van der Waals surface area contributed by atoms with E-state index in [1.54, 1.807) is 18.2 Å². The number of benzene rings is 2. The highest BCUT2D eigenvalue weighted by atomic mass is 28.3. The molecule has 2 N–H and O–H groups in total. The van der Waals surface area contributed by atoms with E-state index in [1.165, 1.54) is 18.2 Å².